The van der Waals surface area contributed by atoms with Crippen LogP contribution in [0.2, 0.25) is 0 Å². The molecule has 6 heteroatoms. The Morgan fingerprint density at radius 3 is 2.56 bits per heavy atom. The van der Waals surface area contributed by atoms with Crippen LogP contribution >= 0.6 is 0 Å². The third-order valence-electron chi connectivity index (χ3n) is 4.34. The number of aryl methyl sites for hydroxylation is 1. The first-order chi connectivity index (χ1) is 13.2. The molecule has 3 rings (SSSR count). The van der Waals surface area contributed by atoms with E-state index in [4.69, 9.17) is 4.74 Å². The van der Waals surface area contributed by atoms with E-state index in [2.05, 4.69) is 10.4 Å². The summed E-state index contributed by atoms with van der Waals surface area (Å²) < 4.78 is 6.87. The van der Waals surface area contributed by atoms with Crippen molar-refractivity contribution in [3.63, 3.8) is 0 Å². The van der Waals surface area contributed by atoms with Gasteiger partial charge in [-0.3, -0.25) is 4.79 Å². The largest absolute Gasteiger partial charge is 0.497 e. The van der Waals surface area contributed by atoms with E-state index in [0.29, 0.717) is 12.8 Å². The molecule has 0 radical (unpaired) electrons. The summed E-state index contributed by atoms with van der Waals surface area (Å²) in [5.41, 5.74) is 2.74. The predicted molar refractivity (Wildman–Crippen MR) is 103 cm³/mol. The summed E-state index contributed by atoms with van der Waals surface area (Å²) in [6.07, 6.45) is 3.84. The molecule has 27 heavy (non-hydrogen) atoms. The summed E-state index contributed by atoms with van der Waals surface area (Å²) in [6, 6.07) is 17.0. The van der Waals surface area contributed by atoms with Crippen LogP contribution in [0.15, 0.2) is 67.0 Å². The molecule has 140 valence electrons. The zero-order valence-electron chi connectivity index (χ0n) is 15.2. The maximum Gasteiger partial charge on any atom is 0.220 e. The van der Waals surface area contributed by atoms with Crippen LogP contribution in [0.25, 0.3) is 5.69 Å². The van der Waals surface area contributed by atoms with E-state index < -0.39 is 6.10 Å². The van der Waals surface area contributed by atoms with Crippen molar-refractivity contribution in [3.8, 4) is 11.4 Å². The van der Waals surface area contributed by atoms with Crippen LogP contribution in [0, 0.1) is 0 Å². The molecule has 6 nitrogen and oxygen atoms in total. The van der Waals surface area contributed by atoms with Crippen LogP contribution < -0.4 is 10.1 Å². The van der Waals surface area contributed by atoms with Crippen molar-refractivity contribution in [2.45, 2.75) is 18.9 Å². The van der Waals surface area contributed by atoms with Gasteiger partial charge < -0.3 is 15.2 Å². The first-order valence-corrected chi connectivity index (χ1v) is 8.83. The van der Waals surface area contributed by atoms with E-state index >= 15 is 0 Å². The summed E-state index contributed by atoms with van der Waals surface area (Å²) in [6.45, 7) is 0.183. The molecule has 3 aromatic rings. The van der Waals surface area contributed by atoms with E-state index in [9.17, 15) is 9.90 Å². The van der Waals surface area contributed by atoms with Gasteiger partial charge in [-0.15, -0.1) is 0 Å². The topological polar surface area (TPSA) is 76.4 Å². The molecule has 0 aliphatic rings. The van der Waals surface area contributed by atoms with Crippen molar-refractivity contribution >= 4 is 5.91 Å². The molecule has 1 unspecified atom stereocenters. The van der Waals surface area contributed by atoms with Crippen molar-refractivity contribution in [1.29, 1.82) is 0 Å². The number of carbonyl (C=O) groups excluding carboxylic acids is 1. The van der Waals surface area contributed by atoms with Crippen LogP contribution in [0.1, 0.15) is 23.7 Å². The number of aliphatic hydroxyl groups is 1. The third-order valence-corrected chi connectivity index (χ3v) is 4.34. The van der Waals surface area contributed by atoms with Crippen LogP contribution in [0.4, 0.5) is 0 Å². The Balaban J connectivity index is 1.45. The molecule has 0 aliphatic carbocycles. The predicted octanol–water partition coefficient (Wildman–Crippen LogP) is 2.66. The van der Waals surface area contributed by atoms with Crippen LogP contribution in [0.3, 0.4) is 0 Å². The zero-order valence-corrected chi connectivity index (χ0v) is 15.2. The Bertz CT molecular complexity index is 843. The SMILES string of the molecule is COc1ccc(CCC(=O)NCC(O)c2ccc(-n3cccn3)cc2)cc1. The van der Waals surface area contributed by atoms with Crippen LogP contribution in [-0.2, 0) is 11.2 Å². The molecule has 0 fully saturated rings. The molecule has 2 aromatic carbocycles. The van der Waals surface area contributed by atoms with Crippen molar-refractivity contribution in [1.82, 2.24) is 15.1 Å². The first kappa shape index (κ1) is 18.7. The van der Waals surface area contributed by atoms with Gasteiger partial charge in [0.2, 0.25) is 5.91 Å². The minimum Gasteiger partial charge on any atom is -0.497 e. The summed E-state index contributed by atoms with van der Waals surface area (Å²) >= 11 is 0. The average Bonchev–Trinajstić information content (AvgIpc) is 3.26. The number of rotatable bonds is 8. The van der Waals surface area contributed by atoms with Crippen molar-refractivity contribution in [2.75, 3.05) is 13.7 Å². The van der Waals surface area contributed by atoms with Crippen LogP contribution in [-0.4, -0.2) is 34.4 Å². The summed E-state index contributed by atoms with van der Waals surface area (Å²) in [7, 11) is 1.62. The number of aliphatic hydroxyl groups excluding tert-OH is 1. The van der Waals surface area contributed by atoms with Gasteiger partial charge in [-0.1, -0.05) is 24.3 Å². The highest BCUT2D eigenvalue weighted by atomic mass is 16.5. The molecule has 1 heterocycles. The van der Waals surface area contributed by atoms with Crippen molar-refractivity contribution in [3.05, 3.63) is 78.1 Å². The van der Waals surface area contributed by atoms with E-state index in [1.165, 1.54) is 0 Å². The number of benzene rings is 2. The van der Waals surface area contributed by atoms with Gasteiger partial charge in [0.05, 0.1) is 18.9 Å². The second-order valence-corrected chi connectivity index (χ2v) is 6.21. The van der Waals surface area contributed by atoms with E-state index in [1.807, 2.05) is 60.8 Å². The molecule has 2 N–H and O–H groups in total. The molecule has 1 atom stereocenters. The first-order valence-electron chi connectivity index (χ1n) is 8.83. The van der Waals surface area contributed by atoms with Gasteiger partial charge in [0.1, 0.15) is 5.75 Å². The Morgan fingerprint density at radius 2 is 1.93 bits per heavy atom. The molecule has 0 saturated carbocycles. The lowest BCUT2D eigenvalue weighted by Gasteiger charge is -2.13. The highest BCUT2D eigenvalue weighted by Gasteiger charge is 2.10. The summed E-state index contributed by atoms with van der Waals surface area (Å²) in [5.74, 6) is 0.711. The number of hydrogen-bond donors (Lipinski definition) is 2. The normalized spacial score (nSPS) is 11.8. The molecule has 1 amide bonds. The van der Waals surface area contributed by atoms with E-state index in [0.717, 1.165) is 22.6 Å². The van der Waals surface area contributed by atoms with Crippen LogP contribution in [0.5, 0.6) is 5.75 Å². The number of amides is 1. The summed E-state index contributed by atoms with van der Waals surface area (Å²) in [5, 5.41) is 17.2. The lowest BCUT2D eigenvalue weighted by atomic mass is 10.1. The van der Waals surface area contributed by atoms with Crippen molar-refractivity contribution in [2.24, 2.45) is 0 Å². The van der Waals surface area contributed by atoms with Gasteiger partial charge in [0.25, 0.3) is 0 Å². The fraction of sp³-hybridized carbons (Fsp3) is 0.238. The van der Waals surface area contributed by atoms with Gasteiger partial charge in [-0.05, 0) is 47.9 Å². The fourth-order valence-corrected chi connectivity index (χ4v) is 2.74. The minimum atomic E-state index is -0.749. The molecule has 0 saturated heterocycles. The Morgan fingerprint density at radius 1 is 1.19 bits per heavy atom. The maximum absolute atomic E-state index is 12.0. The number of carbonyl (C=O) groups is 1. The number of hydrogen-bond acceptors (Lipinski definition) is 4. The summed E-state index contributed by atoms with van der Waals surface area (Å²) in [4.78, 5) is 12.0. The Hall–Kier alpha value is -3.12. The van der Waals surface area contributed by atoms with Gasteiger partial charge in [0.15, 0.2) is 0 Å². The second-order valence-electron chi connectivity index (χ2n) is 6.21. The smallest absolute Gasteiger partial charge is 0.220 e. The minimum absolute atomic E-state index is 0.0852. The average molecular weight is 365 g/mol. The van der Waals surface area contributed by atoms with Gasteiger partial charge >= 0.3 is 0 Å². The fourth-order valence-electron chi connectivity index (χ4n) is 2.74. The highest BCUT2D eigenvalue weighted by Crippen LogP contribution is 2.15. The molecule has 0 spiro atoms. The Kier molecular flexibility index (Phi) is 6.22. The van der Waals surface area contributed by atoms with Gasteiger partial charge in [-0.25, -0.2) is 4.68 Å². The molecule has 1 aromatic heterocycles. The molecule has 0 aliphatic heterocycles. The number of aromatic nitrogens is 2. The Labute approximate surface area is 158 Å². The van der Waals surface area contributed by atoms with Crippen molar-refractivity contribution < 1.29 is 14.6 Å². The lowest BCUT2D eigenvalue weighted by molar-refractivity contribution is -0.121. The standard InChI is InChI=1S/C21H23N3O3/c1-27-19-10-3-16(4-11-19)5-12-21(26)22-15-20(25)17-6-8-18(9-7-17)24-14-2-13-23-24/h2-4,6-11,13-14,20,25H,5,12,15H2,1H3,(H,22,26). The number of nitrogens with one attached hydrogen (secondary N) is 1. The quantitative estimate of drug-likeness (QED) is 0.643. The zero-order chi connectivity index (χ0) is 19.1. The number of methoxy groups -OCH3 is 1. The number of nitrogens with zero attached hydrogens (tertiary/aromatic N) is 2. The highest BCUT2D eigenvalue weighted by molar-refractivity contribution is 5.76. The molecular weight excluding hydrogens is 342 g/mol. The van der Waals surface area contributed by atoms with Gasteiger partial charge in [-0.2, -0.15) is 5.10 Å². The molecule has 0 bridgehead atoms. The second kappa shape index (κ2) is 9.00. The number of ether oxygens (including phenoxy) is 1. The lowest BCUT2D eigenvalue weighted by Crippen LogP contribution is -2.28. The third kappa shape index (κ3) is 5.18. The van der Waals surface area contributed by atoms with E-state index in [-0.39, 0.29) is 12.5 Å². The monoisotopic (exact) mass is 365 g/mol. The molecular formula is C21H23N3O3. The van der Waals surface area contributed by atoms with E-state index in [1.54, 1.807) is 18.0 Å². The van der Waals surface area contributed by atoms with Gasteiger partial charge in [0, 0.05) is 25.4 Å². The maximum atomic E-state index is 12.0.